The summed E-state index contributed by atoms with van der Waals surface area (Å²) in [6.07, 6.45) is -0.621. The van der Waals surface area contributed by atoms with Crippen LogP contribution in [0.5, 0.6) is 0 Å². The smallest absolute Gasteiger partial charge is 0.254 e. The van der Waals surface area contributed by atoms with Crippen LogP contribution in [-0.2, 0) is 9.53 Å². The van der Waals surface area contributed by atoms with Crippen LogP contribution in [-0.4, -0.2) is 25.7 Å². The van der Waals surface area contributed by atoms with Crippen molar-refractivity contribution in [2.45, 2.75) is 6.10 Å². The Kier molecular flexibility index (Phi) is 4.87. The Morgan fingerprint density at radius 2 is 1.70 bits per heavy atom. The first-order valence-corrected chi connectivity index (χ1v) is 6.44. The van der Waals surface area contributed by atoms with E-state index in [9.17, 15) is 4.79 Å². The average Bonchev–Trinajstić information content (AvgIpc) is 2.50. The molecule has 4 heteroatoms. The SMILES string of the molecule is COC(CN)C(=O)Nc1ccc(-c2ccccc2)cc1. The van der Waals surface area contributed by atoms with Crippen LogP contribution in [0.15, 0.2) is 54.6 Å². The fourth-order valence-corrected chi connectivity index (χ4v) is 1.91. The molecule has 20 heavy (non-hydrogen) atoms. The maximum atomic E-state index is 11.8. The summed E-state index contributed by atoms with van der Waals surface area (Å²) in [6, 6.07) is 17.7. The summed E-state index contributed by atoms with van der Waals surface area (Å²) >= 11 is 0. The minimum atomic E-state index is -0.621. The van der Waals surface area contributed by atoms with Gasteiger partial charge in [0.05, 0.1) is 0 Å². The summed E-state index contributed by atoms with van der Waals surface area (Å²) < 4.78 is 4.99. The van der Waals surface area contributed by atoms with Crippen LogP contribution < -0.4 is 11.1 Å². The first-order chi connectivity index (χ1) is 9.74. The predicted molar refractivity (Wildman–Crippen MR) is 80.4 cm³/mol. The van der Waals surface area contributed by atoms with Gasteiger partial charge in [-0.25, -0.2) is 0 Å². The summed E-state index contributed by atoms with van der Waals surface area (Å²) in [5.41, 5.74) is 8.42. The summed E-state index contributed by atoms with van der Waals surface area (Å²) in [6.45, 7) is 0.157. The summed E-state index contributed by atoms with van der Waals surface area (Å²) in [7, 11) is 1.47. The topological polar surface area (TPSA) is 64.3 Å². The number of amides is 1. The van der Waals surface area contributed by atoms with Crippen molar-refractivity contribution in [3.63, 3.8) is 0 Å². The predicted octanol–water partition coefficient (Wildman–Crippen LogP) is 2.27. The Morgan fingerprint density at radius 3 is 2.25 bits per heavy atom. The van der Waals surface area contributed by atoms with E-state index in [0.29, 0.717) is 0 Å². The lowest BCUT2D eigenvalue weighted by molar-refractivity contribution is -0.125. The van der Waals surface area contributed by atoms with E-state index in [2.05, 4.69) is 5.32 Å². The van der Waals surface area contributed by atoms with Gasteiger partial charge in [0.15, 0.2) is 0 Å². The highest BCUT2D eigenvalue weighted by atomic mass is 16.5. The van der Waals surface area contributed by atoms with E-state index in [1.807, 2.05) is 54.6 Å². The van der Waals surface area contributed by atoms with Crippen LogP contribution in [0.3, 0.4) is 0 Å². The van der Waals surface area contributed by atoms with Crippen molar-refractivity contribution in [1.29, 1.82) is 0 Å². The number of carbonyl (C=O) groups excluding carboxylic acids is 1. The largest absolute Gasteiger partial charge is 0.370 e. The van der Waals surface area contributed by atoms with Gasteiger partial charge in [-0.2, -0.15) is 0 Å². The van der Waals surface area contributed by atoms with E-state index in [4.69, 9.17) is 10.5 Å². The number of hydrogen-bond donors (Lipinski definition) is 2. The number of anilines is 1. The van der Waals surface area contributed by atoms with Gasteiger partial charge in [0.2, 0.25) is 0 Å². The van der Waals surface area contributed by atoms with Crippen molar-refractivity contribution in [1.82, 2.24) is 0 Å². The summed E-state index contributed by atoms with van der Waals surface area (Å²) in [5, 5.41) is 2.78. The summed E-state index contributed by atoms with van der Waals surface area (Å²) in [4.78, 5) is 11.8. The fraction of sp³-hybridized carbons (Fsp3) is 0.188. The van der Waals surface area contributed by atoms with Gasteiger partial charge in [-0.3, -0.25) is 4.79 Å². The molecule has 2 aromatic carbocycles. The monoisotopic (exact) mass is 270 g/mol. The zero-order chi connectivity index (χ0) is 14.4. The van der Waals surface area contributed by atoms with E-state index in [-0.39, 0.29) is 12.5 Å². The first kappa shape index (κ1) is 14.2. The number of nitrogens with two attached hydrogens (primary N) is 1. The molecule has 0 aliphatic carbocycles. The molecule has 0 fully saturated rings. The van der Waals surface area contributed by atoms with Crippen LogP contribution in [0.1, 0.15) is 0 Å². The molecule has 0 saturated carbocycles. The van der Waals surface area contributed by atoms with Crippen LogP contribution in [0.4, 0.5) is 5.69 Å². The quantitative estimate of drug-likeness (QED) is 0.876. The third-order valence-electron chi connectivity index (χ3n) is 3.05. The molecule has 3 N–H and O–H groups in total. The first-order valence-electron chi connectivity index (χ1n) is 6.44. The van der Waals surface area contributed by atoms with Gasteiger partial charge in [0.1, 0.15) is 6.10 Å². The lowest BCUT2D eigenvalue weighted by Crippen LogP contribution is -2.35. The highest BCUT2D eigenvalue weighted by molar-refractivity contribution is 5.94. The zero-order valence-electron chi connectivity index (χ0n) is 11.4. The third kappa shape index (κ3) is 3.44. The molecular weight excluding hydrogens is 252 g/mol. The Hall–Kier alpha value is -2.17. The van der Waals surface area contributed by atoms with Crippen molar-refractivity contribution >= 4 is 11.6 Å². The molecular formula is C16H18N2O2. The highest BCUT2D eigenvalue weighted by Gasteiger charge is 2.15. The minimum Gasteiger partial charge on any atom is -0.370 e. The van der Waals surface area contributed by atoms with Gasteiger partial charge in [-0.1, -0.05) is 42.5 Å². The Morgan fingerprint density at radius 1 is 1.10 bits per heavy atom. The maximum absolute atomic E-state index is 11.8. The minimum absolute atomic E-state index is 0.157. The standard InChI is InChI=1S/C16H18N2O2/c1-20-15(11-17)16(19)18-14-9-7-13(8-10-14)12-5-3-2-4-6-12/h2-10,15H,11,17H2,1H3,(H,18,19). The number of nitrogens with one attached hydrogen (secondary N) is 1. The van der Waals surface area contributed by atoms with Crippen LogP contribution in [0, 0.1) is 0 Å². The van der Waals surface area contributed by atoms with Gasteiger partial charge in [0, 0.05) is 19.3 Å². The lowest BCUT2D eigenvalue weighted by Gasteiger charge is -2.13. The molecule has 104 valence electrons. The molecule has 0 aliphatic heterocycles. The normalized spacial score (nSPS) is 11.9. The molecule has 0 spiro atoms. The molecule has 0 saturated heterocycles. The molecule has 1 atom stereocenters. The Balaban J connectivity index is 2.07. The molecule has 2 aromatic rings. The Labute approximate surface area is 118 Å². The average molecular weight is 270 g/mol. The number of methoxy groups -OCH3 is 1. The number of benzene rings is 2. The van der Waals surface area contributed by atoms with Crippen molar-refractivity contribution in [3.8, 4) is 11.1 Å². The van der Waals surface area contributed by atoms with Gasteiger partial charge in [-0.05, 0) is 23.3 Å². The van der Waals surface area contributed by atoms with E-state index >= 15 is 0 Å². The zero-order valence-corrected chi connectivity index (χ0v) is 11.4. The van der Waals surface area contributed by atoms with E-state index in [1.54, 1.807) is 0 Å². The molecule has 1 amide bonds. The van der Waals surface area contributed by atoms with Crippen molar-refractivity contribution in [3.05, 3.63) is 54.6 Å². The van der Waals surface area contributed by atoms with Crippen LogP contribution in [0.2, 0.25) is 0 Å². The Bertz CT molecular complexity index is 548. The molecule has 4 nitrogen and oxygen atoms in total. The maximum Gasteiger partial charge on any atom is 0.254 e. The molecule has 0 bridgehead atoms. The van der Waals surface area contributed by atoms with E-state index in [1.165, 1.54) is 7.11 Å². The third-order valence-corrected chi connectivity index (χ3v) is 3.05. The van der Waals surface area contributed by atoms with E-state index < -0.39 is 6.10 Å². The molecule has 0 radical (unpaired) electrons. The van der Waals surface area contributed by atoms with E-state index in [0.717, 1.165) is 16.8 Å². The molecule has 1 unspecified atom stereocenters. The van der Waals surface area contributed by atoms with Gasteiger partial charge in [0.25, 0.3) is 5.91 Å². The lowest BCUT2D eigenvalue weighted by atomic mass is 10.1. The molecule has 2 rings (SSSR count). The molecule has 0 heterocycles. The van der Waals surface area contributed by atoms with Crippen LogP contribution >= 0.6 is 0 Å². The fourth-order valence-electron chi connectivity index (χ4n) is 1.91. The van der Waals surface area contributed by atoms with Gasteiger partial charge < -0.3 is 15.8 Å². The highest BCUT2D eigenvalue weighted by Crippen LogP contribution is 2.21. The second kappa shape index (κ2) is 6.84. The second-order valence-corrected chi connectivity index (χ2v) is 4.39. The van der Waals surface area contributed by atoms with Crippen LogP contribution in [0.25, 0.3) is 11.1 Å². The van der Waals surface area contributed by atoms with Crippen molar-refractivity contribution < 1.29 is 9.53 Å². The summed E-state index contributed by atoms with van der Waals surface area (Å²) in [5.74, 6) is -0.234. The van der Waals surface area contributed by atoms with Crippen molar-refractivity contribution in [2.24, 2.45) is 5.73 Å². The van der Waals surface area contributed by atoms with Gasteiger partial charge >= 0.3 is 0 Å². The number of hydrogen-bond acceptors (Lipinski definition) is 3. The van der Waals surface area contributed by atoms with Gasteiger partial charge in [-0.15, -0.1) is 0 Å². The number of carbonyl (C=O) groups is 1. The molecule has 0 aromatic heterocycles. The van der Waals surface area contributed by atoms with Crippen molar-refractivity contribution in [2.75, 3.05) is 19.0 Å². The molecule has 0 aliphatic rings. The second-order valence-electron chi connectivity index (χ2n) is 4.39. The number of ether oxygens (including phenoxy) is 1. The number of rotatable bonds is 5.